The monoisotopic (exact) mass is 431 g/mol. The van der Waals surface area contributed by atoms with Crippen molar-refractivity contribution in [3.8, 4) is 0 Å². The van der Waals surface area contributed by atoms with Gasteiger partial charge in [0.2, 0.25) is 0 Å². The van der Waals surface area contributed by atoms with Gasteiger partial charge in [-0.2, -0.15) is 0 Å². The zero-order valence-electron chi connectivity index (χ0n) is 21.7. The maximum absolute atomic E-state index is 5.32. The Morgan fingerprint density at radius 1 is 0.387 bits per heavy atom. The molecule has 0 N–H and O–H groups in total. The summed E-state index contributed by atoms with van der Waals surface area (Å²) in [5.74, 6) is 0. The summed E-state index contributed by atoms with van der Waals surface area (Å²) in [4.78, 5) is 0. The molecule has 0 saturated heterocycles. The molecule has 0 atom stereocenters. The van der Waals surface area contributed by atoms with Gasteiger partial charge < -0.3 is 0 Å². The third-order valence-electron chi connectivity index (χ3n) is 6.72. The molecule has 0 saturated carbocycles. The number of unbranched alkanes of at least 4 members (excludes halogenated alkanes) is 25. The van der Waals surface area contributed by atoms with Gasteiger partial charge in [0.25, 0.3) is 0 Å². The fourth-order valence-corrected chi connectivity index (χ4v) is 4.58. The molecule has 1 radical (unpaired) electrons. The summed E-state index contributed by atoms with van der Waals surface area (Å²) in [5, 5.41) is 0. The Hall–Kier alpha value is -0.520. The maximum Gasteiger partial charge on any atom is -0.0348 e. The van der Waals surface area contributed by atoms with E-state index < -0.39 is 0 Å². The van der Waals surface area contributed by atoms with E-state index in [2.05, 4.69) is 13.0 Å². The van der Waals surface area contributed by atoms with E-state index in [1.165, 1.54) is 167 Å². The molecule has 0 aliphatic carbocycles. The predicted molar refractivity (Wildman–Crippen MR) is 144 cm³/mol. The highest BCUT2D eigenvalue weighted by Gasteiger charge is 1.96. The standard InChI is InChI=1S/C31H59/c1-3-5-7-9-11-13-15-17-19-21-23-25-27-29-31-30-28-26-24-22-20-18-16-14-12-10-8-6-4-2/h1,3,5,7H,4,6,8-31H2,2H3/b3-1?,7-5+. The van der Waals surface area contributed by atoms with Crippen molar-refractivity contribution in [2.24, 2.45) is 0 Å². The first-order valence-corrected chi connectivity index (χ1v) is 14.6. The Bertz CT molecular complexity index is 340. The Morgan fingerprint density at radius 2 is 0.645 bits per heavy atom. The number of rotatable bonds is 27. The van der Waals surface area contributed by atoms with Gasteiger partial charge in [-0.25, -0.2) is 0 Å². The van der Waals surface area contributed by atoms with Crippen LogP contribution in [0.2, 0.25) is 0 Å². The minimum Gasteiger partial charge on any atom is -0.0845 e. The van der Waals surface area contributed by atoms with E-state index in [-0.39, 0.29) is 0 Å². The highest BCUT2D eigenvalue weighted by atomic mass is 14.0. The van der Waals surface area contributed by atoms with E-state index >= 15 is 0 Å². The normalized spacial score (nSPS) is 11.5. The second-order valence-corrected chi connectivity index (χ2v) is 9.89. The van der Waals surface area contributed by atoms with Crippen molar-refractivity contribution in [1.82, 2.24) is 0 Å². The summed E-state index contributed by atoms with van der Waals surface area (Å²) >= 11 is 0. The van der Waals surface area contributed by atoms with Crippen LogP contribution in [0, 0.1) is 6.58 Å². The molecule has 0 aliphatic heterocycles. The summed E-state index contributed by atoms with van der Waals surface area (Å²) in [7, 11) is 0. The molecule has 0 aliphatic rings. The van der Waals surface area contributed by atoms with Crippen LogP contribution >= 0.6 is 0 Å². The topological polar surface area (TPSA) is 0 Å². The van der Waals surface area contributed by atoms with Gasteiger partial charge in [-0.1, -0.05) is 186 Å². The molecule has 0 aromatic carbocycles. The minimum absolute atomic E-state index is 1.19. The second-order valence-electron chi connectivity index (χ2n) is 9.89. The summed E-state index contributed by atoms with van der Waals surface area (Å²) in [5.41, 5.74) is 0. The number of hydrogen-bond acceptors (Lipinski definition) is 0. The first-order valence-electron chi connectivity index (χ1n) is 14.6. The first-order chi connectivity index (χ1) is 15.4. The average molecular weight is 432 g/mol. The fraction of sp³-hybridized carbons (Fsp3) is 0.871. The summed E-state index contributed by atoms with van der Waals surface area (Å²) in [6.07, 6.45) is 43.4. The highest BCUT2D eigenvalue weighted by Crippen LogP contribution is 2.15. The molecular weight excluding hydrogens is 372 g/mol. The Balaban J connectivity index is 3.00. The minimum atomic E-state index is 1.19. The van der Waals surface area contributed by atoms with Gasteiger partial charge in [0.15, 0.2) is 0 Å². The van der Waals surface area contributed by atoms with E-state index in [4.69, 9.17) is 6.58 Å². The van der Waals surface area contributed by atoms with Crippen LogP contribution in [0.1, 0.15) is 174 Å². The maximum atomic E-state index is 5.32. The van der Waals surface area contributed by atoms with Gasteiger partial charge in [-0.15, -0.1) is 0 Å². The number of hydrogen-bond donors (Lipinski definition) is 0. The van der Waals surface area contributed by atoms with Crippen molar-refractivity contribution < 1.29 is 0 Å². The van der Waals surface area contributed by atoms with Gasteiger partial charge in [-0.05, 0) is 12.8 Å². The zero-order chi connectivity index (χ0) is 22.5. The molecule has 183 valence electrons. The van der Waals surface area contributed by atoms with Gasteiger partial charge in [0, 0.05) is 0 Å². The van der Waals surface area contributed by atoms with Crippen molar-refractivity contribution in [3.63, 3.8) is 0 Å². The largest absolute Gasteiger partial charge is 0.0845 e. The van der Waals surface area contributed by atoms with Crippen LogP contribution in [-0.2, 0) is 0 Å². The van der Waals surface area contributed by atoms with Crippen LogP contribution in [0.5, 0.6) is 0 Å². The van der Waals surface area contributed by atoms with E-state index in [9.17, 15) is 0 Å². The molecule has 0 spiro atoms. The zero-order valence-corrected chi connectivity index (χ0v) is 21.7. The molecule has 0 nitrogen and oxygen atoms in total. The van der Waals surface area contributed by atoms with Gasteiger partial charge in [0.05, 0.1) is 0 Å². The van der Waals surface area contributed by atoms with Gasteiger partial charge >= 0.3 is 0 Å². The molecule has 0 heterocycles. The van der Waals surface area contributed by atoms with Crippen LogP contribution < -0.4 is 0 Å². The quantitative estimate of drug-likeness (QED) is 0.0895. The molecule has 0 heteroatoms. The highest BCUT2D eigenvalue weighted by molar-refractivity contribution is 4.95. The van der Waals surface area contributed by atoms with Gasteiger partial charge in [0.1, 0.15) is 0 Å². The van der Waals surface area contributed by atoms with Gasteiger partial charge in [-0.3, -0.25) is 0 Å². The molecule has 0 bridgehead atoms. The lowest BCUT2D eigenvalue weighted by molar-refractivity contribution is 0.516. The third kappa shape index (κ3) is 29.5. The van der Waals surface area contributed by atoms with Crippen molar-refractivity contribution in [1.29, 1.82) is 0 Å². The molecule has 0 amide bonds. The first kappa shape index (κ1) is 30.5. The van der Waals surface area contributed by atoms with Crippen molar-refractivity contribution in [2.45, 2.75) is 174 Å². The van der Waals surface area contributed by atoms with Crippen LogP contribution in [0.15, 0.2) is 18.2 Å². The Labute approximate surface area is 198 Å². The van der Waals surface area contributed by atoms with E-state index in [1.807, 2.05) is 6.08 Å². The molecule has 0 unspecified atom stereocenters. The summed E-state index contributed by atoms with van der Waals surface area (Å²) in [6.45, 7) is 7.62. The van der Waals surface area contributed by atoms with Crippen LogP contribution in [-0.4, -0.2) is 0 Å². The lowest BCUT2D eigenvalue weighted by Gasteiger charge is -2.04. The van der Waals surface area contributed by atoms with Crippen LogP contribution in [0.3, 0.4) is 0 Å². The lowest BCUT2D eigenvalue weighted by Crippen LogP contribution is -1.84. The van der Waals surface area contributed by atoms with Crippen molar-refractivity contribution >= 4 is 0 Å². The van der Waals surface area contributed by atoms with Crippen LogP contribution in [0.25, 0.3) is 0 Å². The molecular formula is C31H59. The molecule has 0 aromatic rings. The second kappa shape index (κ2) is 29.5. The van der Waals surface area contributed by atoms with Crippen LogP contribution in [0.4, 0.5) is 0 Å². The molecule has 31 heavy (non-hydrogen) atoms. The Morgan fingerprint density at radius 3 is 0.903 bits per heavy atom. The van der Waals surface area contributed by atoms with E-state index in [0.29, 0.717) is 0 Å². The SMILES string of the molecule is [CH]=C/C=C/CCCCCCCCCCCCCCCCCCCCCCCCCCC. The summed E-state index contributed by atoms with van der Waals surface area (Å²) < 4.78 is 0. The number of allylic oxidation sites excluding steroid dienone is 3. The third-order valence-corrected chi connectivity index (χ3v) is 6.72. The fourth-order valence-electron chi connectivity index (χ4n) is 4.58. The van der Waals surface area contributed by atoms with E-state index in [0.717, 1.165) is 0 Å². The molecule has 0 rings (SSSR count). The van der Waals surface area contributed by atoms with Crippen molar-refractivity contribution in [3.05, 3.63) is 24.8 Å². The average Bonchev–Trinajstić information content (AvgIpc) is 2.78. The predicted octanol–water partition coefficient (Wildman–Crippen LogP) is 11.7. The molecule has 0 fully saturated rings. The lowest BCUT2D eigenvalue weighted by atomic mass is 10.0. The summed E-state index contributed by atoms with van der Waals surface area (Å²) in [6, 6.07) is 0. The molecule has 0 aromatic heterocycles. The van der Waals surface area contributed by atoms with Crippen molar-refractivity contribution in [2.75, 3.05) is 0 Å². The Kier molecular flexibility index (Phi) is 29.0. The smallest absolute Gasteiger partial charge is 0.0348 e. The van der Waals surface area contributed by atoms with E-state index in [1.54, 1.807) is 6.08 Å².